The molecule has 0 bridgehead atoms. The molecular weight excluding hydrogens is 302 g/mol. The Morgan fingerprint density at radius 1 is 1.25 bits per heavy atom. The van der Waals surface area contributed by atoms with Crippen LogP contribution in [0.4, 0.5) is 5.69 Å². The fraction of sp³-hybridized carbons (Fsp3) is 0.250. The topological polar surface area (TPSA) is 49.8 Å². The lowest BCUT2D eigenvalue weighted by molar-refractivity contribution is -0.126. The highest BCUT2D eigenvalue weighted by Crippen LogP contribution is 2.37. The molecule has 1 atom stereocenters. The number of phenols is 1. The van der Waals surface area contributed by atoms with Gasteiger partial charge in [0, 0.05) is 12.5 Å². The molecule has 2 aromatic carbocycles. The van der Waals surface area contributed by atoms with Crippen molar-refractivity contribution >= 4 is 11.6 Å². The Hall–Kier alpha value is -2.93. The molecule has 24 heavy (non-hydrogen) atoms. The third-order valence-electron chi connectivity index (χ3n) is 4.20. The van der Waals surface area contributed by atoms with Gasteiger partial charge in [0.2, 0.25) is 0 Å². The van der Waals surface area contributed by atoms with E-state index in [1.54, 1.807) is 6.07 Å². The number of aromatic hydroxyl groups is 1. The van der Waals surface area contributed by atoms with Crippen LogP contribution in [0.5, 0.6) is 11.5 Å². The van der Waals surface area contributed by atoms with Gasteiger partial charge in [-0.25, -0.2) is 0 Å². The van der Waals surface area contributed by atoms with Gasteiger partial charge in [0.05, 0.1) is 12.2 Å². The van der Waals surface area contributed by atoms with Gasteiger partial charge in [-0.05, 0) is 37.1 Å². The summed E-state index contributed by atoms with van der Waals surface area (Å²) in [6, 6.07) is 10.9. The zero-order valence-electron chi connectivity index (χ0n) is 13.7. The first-order valence-corrected chi connectivity index (χ1v) is 7.80. The quantitative estimate of drug-likeness (QED) is 0.884. The van der Waals surface area contributed by atoms with E-state index in [9.17, 15) is 9.90 Å². The van der Waals surface area contributed by atoms with E-state index in [1.165, 1.54) is 17.0 Å². The number of amides is 1. The average Bonchev–Trinajstić information content (AvgIpc) is 2.55. The summed E-state index contributed by atoms with van der Waals surface area (Å²) in [5, 5.41) is 9.68. The highest BCUT2D eigenvalue weighted by molar-refractivity contribution is 6.00. The predicted octanol–water partition coefficient (Wildman–Crippen LogP) is 2.98. The van der Waals surface area contributed by atoms with Crippen LogP contribution in [0.15, 0.2) is 36.4 Å². The lowest BCUT2D eigenvalue weighted by Crippen LogP contribution is -2.47. The minimum absolute atomic E-state index is 0.0696. The molecule has 2 aromatic rings. The normalized spacial score (nSPS) is 16.3. The molecule has 1 N–H and O–H groups in total. The van der Waals surface area contributed by atoms with Gasteiger partial charge in [0.25, 0.3) is 5.91 Å². The number of anilines is 1. The van der Waals surface area contributed by atoms with Crippen molar-refractivity contribution in [2.45, 2.75) is 26.4 Å². The Labute approximate surface area is 141 Å². The highest BCUT2D eigenvalue weighted by Gasteiger charge is 2.34. The van der Waals surface area contributed by atoms with E-state index in [1.807, 2.05) is 26.0 Å². The van der Waals surface area contributed by atoms with Crippen LogP contribution in [0, 0.1) is 26.2 Å². The second kappa shape index (κ2) is 6.29. The lowest BCUT2D eigenvalue weighted by atomic mass is 9.98. The van der Waals surface area contributed by atoms with Crippen molar-refractivity contribution in [3.05, 3.63) is 53.1 Å². The number of hydrogen-bond donors (Lipinski definition) is 1. The molecule has 1 aliphatic heterocycles. The van der Waals surface area contributed by atoms with E-state index in [-0.39, 0.29) is 18.2 Å². The summed E-state index contributed by atoms with van der Waals surface area (Å²) in [4.78, 5) is 14.3. The van der Waals surface area contributed by atoms with E-state index in [0.717, 1.165) is 16.7 Å². The van der Waals surface area contributed by atoms with Crippen LogP contribution in [0.1, 0.15) is 16.7 Å². The smallest absolute Gasteiger partial charge is 0.269 e. The van der Waals surface area contributed by atoms with Crippen LogP contribution in [-0.2, 0) is 11.2 Å². The number of carbonyl (C=O) groups excluding carboxylic acids is 1. The summed E-state index contributed by atoms with van der Waals surface area (Å²) in [7, 11) is 0. The van der Waals surface area contributed by atoms with Gasteiger partial charge in [-0.2, -0.15) is 0 Å². The molecule has 0 saturated heterocycles. The minimum Gasteiger partial charge on any atom is -0.508 e. The maximum atomic E-state index is 12.8. The van der Waals surface area contributed by atoms with Crippen LogP contribution in [0.3, 0.4) is 0 Å². The molecule has 1 unspecified atom stereocenters. The van der Waals surface area contributed by atoms with Crippen molar-refractivity contribution in [3.8, 4) is 23.8 Å². The number of hydrogen-bond acceptors (Lipinski definition) is 3. The Bertz CT molecular complexity index is 835. The summed E-state index contributed by atoms with van der Waals surface area (Å²) in [5.74, 6) is 2.94. The van der Waals surface area contributed by atoms with Gasteiger partial charge < -0.3 is 9.84 Å². The van der Waals surface area contributed by atoms with Gasteiger partial charge >= 0.3 is 0 Å². The largest absolute Gasteiger partial charge is 0.508 e. The maximum Gasteiger partial charge on any atom is 0.269 e. The molecule has 122 valence electrons. The first-order chi connectivity index (χ1) is 11.5. The fourth-order valence-electron chi connectivity index (χ4n) is 2.92. The third-order valence-corrected chi connectivity index (χ3v) is 4.20. The predicted molar refractivity (Wildman–Crippen MR) is 93.3 cm³/mol. The monoisotopic (exact) mass is 321 g/mol. The molecule has 4 nitrogen and oxygen atoms in total. The molecule has 0 fully saturated rings. The maximum absolute atomic E-state index is 12.8. The number of rotatable bonds is 3. The van der Waals surface area contributed by atoms with E-state index in [4.69, 9.17) is 11.2 Å². The molecule has 1 heterocycles. The third kappa shape index (κ3) is 2.93. The first kappa shape index (κ1) is 15.9. The van der Waals surface area contributed by atoms with Crippen LogP contribution >= 0.6 is 0 Å². The molecule has 4 heteroatoms. The van der Waals surface area contributed by atoms with Crippen LogP contribution in [-0.4, -0.2) is 23.7 Å². The number of carbonyl (C=O) groups is 1. The molecule has 1 amide bonds. The van der Waals surface area contributed by atoms with E-state index >= 15 is 0 Å². The van der Waals surface area contributed by atoms with Crippen molar-refractivity contribution < 1.29 is 14.6 Å². The second-order valence-corrected chi connectivity index (χ2v) is 6.02. The molecule has 0 spiro atoms. The Morgan fingerprint density at radius 2 is 2.04 bits per heavy atom. The van der Waals surface area contributed by atoms with E-state index in [0.29, 0.717) is 17.9 Å². The zero-order chi connectivity index (χ0) is 17.3. The average molecular weight is 321 g/mol. The molecule has 0 aromatic heterocycles. The number of phenolic OH excluding ortho intramolecular Hbond substituents is 1. The molecule has 0 radical (unpaired) electrons. The van der Waals surface area contributed by atoms with Gasteiger partial charge in [0.1, 0.15) is 11.5 Å². The van der Waals surface area contributed by atoms with Gasteiger partial charge in [-0.3, -0.25) is 9.69 Å². The van der Waals surface area contributed by atoms with Crippen molar-refractivity contribution in [3.63, 3.8) is 0 Å². The molecule has 1 aliphatic rings. The summed E-state index contributed by atoms with van der Waals surface area (Å²) in [6.45, 7) is 4.18. The lowest BCUT2D eigenvalue weighted by Gasteiger charge is -2.33. The van der Waals surface area contributed by atoms with Crippen LogP contribution in [0.2, 0.25) is 0 Å². The Kier molecular flexibility index (Phi) is 4.18. The van der Waals surface area contributed by atoms with Crippen molar-refractivity contribution in [1.82, 2.24) is 0 Å². The first-order valence-electron chi connectivity index (χ1n) is 7.80. The number of benzene rings is 2. The van der Waals surface area contributed by atoms with Gasteiger partial charge in [-0.1, -0.05) is 29.7 Å². The molecular formula is C20H19NO3. The van der Waals surface area contributed by atoms with Crippen molar-refractivity contribution in [1.29, 1.82) is 0 Å². The molecule has 3 rings (SSSR count). The standard InChI is InChI=1S/C20H19NO3/c1-4-9-21-17-12-16(22)7-8-18(17)24-19(20(21)23)11-15-10-13(2)5-6-14(15)3/h1,5-8,10,12,19,22H,9,11H2,2-3H3. The summed E-state index contributed by atoms with van der Waals surface area (Å²) in [6.07, 6.45) is 5.26. The molecule has 0 saturated carbocycles. The van der Waals surface area contributed by atoms with Crippen molar-refractivity contribution in [2.75, 3.05) is 11.4 Å². The zero-order valence-corrected chi connectivity index (χ0v) is 13.7. The van der Waals surface area contributed by atoms with E-state index in [2.05, 4.69) is 12.0 Å². The SMILES string of the molecule is C#CCN1C(=O)C(Cc2cc(C)ccc2C)Oc2ccc(O)cc21. The van der Waals surface area contributed by atoms with Crippen LogP contribution in [0.25, 0.3) is 0 Å². The summed E-state index contributed by atoms with van der Waals surface area (Å²) >= 11 is 0. The number of nitrogens with zero attached hydrogens (tertiary/aromatic N) is 1. The fourth-order valence-corrected chi connectivity index (χ4v) is 2.92. The minimum atomic E-state index is -0.629. The second-order valence-electron chi connectivity index (χ2n) is 6.02. The molecule has 0 aliphatic carbocycles. The Balaban J connectivity index is 1.96. The Morgan fingerprint density at radius 3 is 2.79 bits per heavy atom. The van der Waals surface area contributed by atoms with E-state index < -0.39 is 6.10 Å². The highest BCUT2D eigenvalue weighted by atomic mass is 16.5. The van der Waals surface area contributed by atoms with Crippen LogP contribution < -0.4 is 9.64 Å². The van der Waals surface area contributed by atoms with Gasteiger partial charge in [0.15, 0.2) is 6.10 Å². The van der Waals surface area contributed by atoms with Gasteiger partial charge in [-0.15, -0.1) is 6.42 Å². The summed E-state index contributed by atoms with van der Waals surface area (Å²) < 4.78 is 5.90. The number of aryl methyl sites for hydroxylation is 2. The number of terminal acetylenes is 1. The number of ether oxygens (including phenoxy) is 1. The number of fused-ring (bicyclic) bond motifs is 1. The van der Waals surface area contributed by atoms with Crippen molar-refractivity contribution in [2.24, 2.45) is 0 Å². The summed E-state index contributed by atoms with van der Waals surface area (Å²) in [5.41, 5.74) is 3.85.